The van der Waals surface area contributed by atoms with E-state index >= 15 is 0 Å². The van der Waals surface area contributed by atoms with Crippen LogP contribution >= 0.6 is 35.1 Å². The fourth-order valence-corrected chi connectivity index (χ4v) is 5.64. The Bertz CT molecular complexity index is 399. The van der Waals surface area contributed by atoms with Gasteiger partial charge in [-0.25, -0.2) is 0 Å². The molecule has 2 rings (SSSR count). The summed E-state index contributed by atoms with van der Waals surface area (Å²) in [4.78, 5) is 0. The van der Waals surface area contributed by atoms with Crippen LogP contribution in [0.15, 0.2) is 24.3 Å². The lowest BCUT2D eigenvalue weighted by molar-refractivity contribution is 0.509. The van der Waals surface area contributed by atoms with Gasteiger partial charge in [-0.1, -0.05) is 43.6 Å². The number of hydrogen-bond acceptors (Lipinski definition) is 3. The molecule has 1 aromatic carbocycles. The molecule has 1 aliphatic rings. The SMILES string of the molecule is CCCNC(c1ccccc1Cl)C1SCCSC1C. The van der Waals surface area contributed by atoms with Gasteiger partial charge in [-0.3, -0.25) is 0 Å². The predicted molar refractivity (Wildman–Crippen MR) is 90.7 cm³/mol. The van der Waals surface area contributed by atoms with E-state index in [4.69, 9.17) is 11.6 Å². The van der Waals surface area contributed by atoms with E-state index in [9.17, 15) is 0 Å². The molecule has 1 aliphatic heterocycles. The van der Waals surface area contributed by atoms with E-state index in [1.807, 2.05) is 12.1 Å². The van der Waals surface area contributed by atoms with Gasteiger partial charge < -0.3 is 5.32 Å². The Morgan fingerprint density at radius 1 is 1.32 bits per heavy atom. The molecule has 0 aromatic heterocycles. The standard InChI is InChI=1S/C15H22ClNS2/c1-3-8-17-14(12-6-4-5-7-13(12)16)15-11(2)18-9-10-19-15/h4-7,11,14-15,17H,3,8-10H2,1-2H3. The van der Waals surface area contributed by atoms with Crippen LogP contribution in [0.2, 0.25) is 5.02 Å². The first-order chi connectivity index (χ1) is 9.24. The number of benzene rings is 1. The van der Waals surface area contributed by atoms with Gasteiger partial charge in [-0.15, -0.1) is 0 Å². The van der Waals surface area contributed by atoms with Crippen LogP contribution in [0.4, 0.5) is 0 Å². The highest BCUT2D eigenvalue weighted by Gasteiger charge is 2.31. The highest BCUT2D eigenvalue weighted by atomic mass is 35.5. The van der Waals surface area contributed by atoms with Gasteiger partial charge in [0, 0.05) is 33.1 Å². The zero-order valence-corrected chi connectivity index (χ0v) is 14.0. The molecule has 0 aliphatic carbocycles. The highest BCUT2D eigenvalue weighted by molar-refractivity contribution is 8.07. The maximum absolute atomic E-state index is 6.41. The lowest BCUT2D eigenvalue weighted by atomic mass is 10.0. The second-order valence-corrected chi connectivity index (χ2v) is 8.04. The van der Waals surface area contributed by atoms with Crippen molar-refractivity contribution in [3.63, 3.8) is 0 Å². The van der Waals surface area contributed by atoms with E-state index < -0.39 is 0 Å². The van der Waals surface area contributed by atoms with Crippen molar-refractivity contribution in [1.82, 2.24) is 5.32 Å². The van der Waals surface area contributed by atoms with Crippen molar-refractivity contribution >= 4 is 35.1 Å². The molecular weight excluding hydrogens is 294 g/mol. The van der Waals surface area contributed by atoms with Crippen molar-refractivity contribution < 1.29 is 0 Å². The average Bonchev–Trinajstić information content (AvgIpc) is 2.42. The van der Waals surface area contributed by atoms with Gasteiger partial charge in [0.2, 0.25) is 0 Å². The van der Waals surface area contributed by atoms with Crippen molar-refractivity contribution in [2.75, 3.05) is 18.1 Å². The summed E-state index contributed by atoms with van der Waals surface area (Å²) in [5, 5.41) is 5.87. The maximum Gasteiger partial charge on any atom is 0.0466 e. The summed E-state index contributed by atoms with van der Waals surface area (Å²) < 4.78 is 0. The molecule has 0 radical (unpaired) electrons. The van der Waals surface area contributed by atoms with Crippen molar-refractivity contribution in [3.8, 4) is 0 Å². The normalized spacial score (nSPS) is 25.2. The molecule has 4 heteroatoms. The summed E-state index contributed by atoms with van der Waals surface area (Å²) in [7, 11) is 0. The van der Waals surface area contributed by atoms with Crippen LogP contribution in [0.1, 0.15) is 31.9 Å². The van der Waals surface area contributed by atoms with E-state index in [2.05, 4.69) is 54.8 Å². The third-order valence-corrected chi connectivity index (χ3v) is 6.96. The molecule has 3 unspecified atom stereocenters. The monoisotopic (exact) mass is 315 g/mol. The van der Waals surface area contributed by atoms with Gasteiger partial charge in [-0.2, -0.15) is 23.5 Å². The second kappa shape index (κ2) is 7.82. The van der Waals surface area contributed by atoms with Crippen molar-refractivity contribution in [3.05, 3.63) is 34.9 Å². The highest BCUT2D eigenvalue weighted by Crippen LogP contribution is 2.40. The van der Waals surface area contributed by atoms with E-state index in [0.717, 1.165) is 18.0 Å². The third kappa shape index (κ3) is 4.07. The second-order valence-electron chi connectivity index (χ2n) is 4.86. The lowest BCUT2D eigenvalue weighted by Crippen LogP contribution is -2.38. The summed E-state index contributed by atoms with van der Waals surface area (Å²) in [5.41, 5.74) is 1.25. The molecule has 1 nitrogen and oxygen atoms in total. The Kier molecular flexibility index (Phi) is 6.40. The Hall–Kier alpha value is 0.170. The van der Waals surface area contributed by atoms with Gasteiger partial charge in [0.05, 0.1) is 0 Å². The van der Waals surface area contributed by atoms with Crippen molar-refractivity contribution in [2.24, 2.45) is 0 Å². The fourth-order valence-electron chi connectivity index (χ4n) is 2.45. The van der Waals surface area contributed by atoms with Crippen LogP contribution in [-0.4, -0.2) is 28.6 Å². The summed E-state index contributed by atoms with van der Waals surface area (Å²) in [6.45, 7) is 5.60. The minimum Gasteiger partial charge on any atom is -0.309 e. The molecule has 1 N–H and O–H groups in total. The fraction of sp³-hybridized carbons (Fsp3) is 0.600. The van der Waals surface area contributed by atoms with Crippen LogP contribution in [0.25, 0.3) is 0 Å². The molecule has 0 amide bonds. The van der Waals surface area contributed by atoms with Crippen LogP contribution in [0.5, 0.6) is 0 Å². The molecule has 3 atom stereocenters. The van der Waals surface area contributed by atoms with Crippen LogP contribution in [0.3, 0.4) is 0 Å². The van der Waals surface area contributed by atoms with Crippen LogP contribution < -0.4 is 5.32 Å². The largest absolute Gasteiger partial charge is 0.309 e. The molecule has 1 fully saturated rings. The first-order valence-electron chi connectivity index (χ1n) is 6.95. The van der Waals surface area contributed by atoms with E-state index in [-0.39, 0.29) is 0 Å². The first kappa shape index (κ1) is 15.6. The molecule has 0 spiro atoms. The Morgan fingerprint density at radius 2 is 2.05 bits per heavy atom. The van der Waals surface area contributed by atoms with Crippen molar-refractivity contribution in [2.45, 2.75) is 36.8 Å². The molecule has 19 heavy (non-hydrogen) atoms. The minimum atomic E-state index is 0.362. The summed E-state index contributed by atoms with van der Waals surface area (Å²) in [6.07, 6.45) is 1.15. The van der Waals surface area contributed by atoms with E-state index in [0.29, 0.717) is 16.5 Å². The number of thioether (sulfide) groups is 2. The molecular formula is C15H22ClNS2. The number of rotatable bonds is 5. The summed E-state index contributed by atoms with van der Waals surface area (Å²) >= 11 is 10.6. The molecule has 0 saturated carbocycles. The van der Waals surface area contributed by atoms with E-state index in [1.54, 1.807) is 0 Å². The summed E-state index contributed by atoms with van der Waals surface area (Å²) in [6, 6.07) is 8.63. The van der Waals surface area contributed by atoms with Crippen molar-refractivity contribution in [1.29, 1.82) is 0 Å². The zero-order valence-electron chi connectivity index (χ0n) is 11.6. The topological polar surface area (TPSA) is 12.0 Å². The number of hydrogen-bond donors (Lipinski definition) is 1. The Balaban J connectivity index is 2.22. The summed E-state index contributed by atoms with van der Waals surface area (Å²) in [5.74, 6) is 2.51. The zero-order chi connectivity index (χ0) is 13.7. The molecule has 1 heterocycles. The lowest BCUT2D eigenvalue weighted by Gasteiger charge is -2.35. The Labute approximate surface area is 130 Å². The number of halogens is 1. The van der Waals surface area contributed by atoms with E-state index in [1.165, 1.54) is 17.1 Å². The van der Waals surface area contributed by atoms with Crippen LogP contribution in [-0.2, 0) is 0 Å². The first-order valence-corrected chi connectivity index (χ1v) is 9.42. The van der Waals surface area contributed by atoms with Gasteiger partial charge in [0.25, 0.3) is 0 Å². The van der Waals surface area contributed by atoms with Crippen LogP contribution in [0, 0.1) is 0 Å². The molecule has 106 valence electrons. The molecule has 1 aromatic rings. The predicted octanol–water partition coefficient (Wildman–Crippen LogP) is 4.62. The quantitative estimate of drug-likeness (QED) is 0.851. The van der Waals surface area contributed by atoms with Gasteiger partial charge in [-0.05, 0) is 24.6 Å². The number of nitrogens with one attached hydrogen (secondary N) is 1. The molecule has 0 bridgehead atoms. The Morgan fingerprint density at radius 3 is 2.74 bits per heavy atom. The smallest absolute Gasteiger partial charge is 0.0466 e. The third-order valence-electron chi connectivity index (χ3n) is 3.42. The van der Waals surface area contributed by atoms with Gasteiger partial charge >= 0.3 is 0 Å². The molecule has 1 saturated heterocycles. The minimum absolute atomic E-state index is 0.362. The van der Waals surface area contributed by atoms with Gasteiger partial charge in [0.15, 0.2) is 0 Å². The maximum atomic E-state index is 6.41. The van der Waals surface area contributed by atoms with Gasteiger partial charge in [0.1, 0.15) is 0 Å². The average molecular weight is 316 g/mol.